The predicted molar refractivity (Wildman–Crippen MR) is 61.5 cm³/mol. The van der Waals surface area contributed by atoms with E-state index in [0.29, 0.717) is 6.04 Å². The van der Waals surface area contributed by atoms with Crippen molar-refractivity contribution >= 4 is 5.91 Å². The first-order valence-electron chi connectivity index (χ1n) is 5.73. The van der Waals surface area contributed by atoms with Crippen molar-refractivity contribution in [3.63, 3.8) is 0 Å². The number of nitrogens with zero attached hydrogens (tertiary/aromatic N) is 1. The average molecular weight is 213 g/mol. The minimum atomic E-state index is 0.0350. The first kappa shape index (κ1) is 12.5. The van der Waals surface area contributed by atoms with Crippen LogP contribution >= 0.6 is 0 Å². The van der Waals surface area contributed by atoms with Crippen molar-refractivity contribution in [2.45, 2.75) is 38.3 Å². The van der Waals surface area contributed by atoms with Crippen molar-refractivity contribution in [1.82, 2.24) is 10.2 Å². The predicted octanol–water partition coefficient (Wildman–Crippen LogP) is 0.180. The molecule has 4 nitrogen and oxygen atoms in total. The van der Waals surface area contributed by atoms with Gasteiger partial charge in [-0.3, -0.25) is 4.79 Å². The maximum absolute atomic E-state index is 11.4. The number of nitrogens with one attached hydrogen (secondary N) is 1. The normalized spacial score (nSPS) is 28.1. The van der Waals surface area contributed by atoms with Crippen molar-refractivity contribution < 1.29 is 4.79 Å². The number of nitrogens with two attached hydrogens (primary N) is 1. The molecule has 3 atom stereocenters. The second-order valence-electron chi connectivity index (χ2n) is 4.62. The largest absolute Gasteiger partial charge is 0.359 e. The van der Waals surface area contributed by atoms with Crippen molar-refractivity contribution in [2.24, 2.45) is 11.7 Å². The zero-order valence-corrected chi connectivity index (χ0v) is 9.99. The van der Waals surface area contributed by atoms with E-state index < -0.39 is 0 Å². The Kier molecular flexibility index (Phi) is 4.54. The van der Waals surface area contributed by atoms with Crippen LogP contribution in [0.2, 0.25) is 0 Å². The van der Waals surface area contributed by atoms with E-state index in [1.165, 1.54) is 6.42 Å². The molecule has 0 spiro atoms. The fourth-order valence-electron chi connectivity index (χ4n) is 2.41. The van der Waals surface area contributed by atoms with Crippen LogP contribution in [0.4, 0.5) is 0 Å². The van der Waals surface area contributed by atoms with Gasteiger partial charge in [0.1, 0.15) is 0 Å². The number of carbonyl (C=O) groups excluding carboxylic acids is 1. The molecule has 1 saturated carbocycles. The molecule has 0 aliphatic heterocycles. The number of carbonyl (C=O) groups is 1. The van der Waals surface area contributed by atoms with Crippen LogP contribution < -0.4 is 11.1 Å². The molecule has 0 heterocycles. The highest BCUT2D eigenvalue weighted by Gasteiger charge is 2.28. The summed E-state index contributed by atoms with van der Waals surface area (Å²) in [5, 5.41) is 2.68. The highest BCUT2D eigenvalue weighted by molar-refractivity contribution is 5.78. The van der Waals surface area contributed by atoms with Crippen LogP contribution in [0, 0.1) is 5.92 Å². The third kappa shape index (κ3) is 3.18. The molecular weight excluding hydrogens is 190 g/mol. The Labute approximate surface area is 92.2 Å². The minimum absolute atomic E-state index is 0.0350. The highest BCUT2D eigenvalue weighted by atomic mass is 16.1. The monoisotopic (exact) mass is 213 g/mol. The molecule has 0 aromatic carbocycles. The summed E-state index contributed by atoms with van der Waals surface area (Å²) in [7, 11) is 3.75. The maximum atomic E-state index is 11.4. The molecule has 3 N–H and O–H groups in total. The van der Waals surface area contributed by atoms with Crippen LogP contribution in [0.3, 0.4) is 0 Å². The van der Waals surface area contributed by atoms with E-state index in [-0.39, 0.29) is 17.9 Å². The topological polar surface area (TPSA) is 58.4 Å². The molecule has 1 rings (SSSR count). The van der Waals surface area contributed by atoms with Crippen LogP contribution in [0.5, 0.6) is 0 Å². The van der Waals surface area contributed by atoms with Gasteiger partial charge in [0, 0.05) is 31.6 Å². The minimum Gasteiger partial charge on any atom is -0.359 e. The molecule has 0 radical (unpaired) electrons. The van der Waals surface area contributed by atoms with Gasteiger partial charge in [0.05, 0.1) is 0 Å². The smallest absolute Gasteiger partial charge is 0.223 e. The second-order valence-corrected chi connectivity index (χ2v) is 4.62. The van der Waals surface area contributed by atoms with Crippen molar-refractivity contribution in [1.29, 1.82) is 0 Å². The third-order valence-electron chi connectivity index (χ3n) is 3.35. The zero-order chi connectivity index (χ0) is 11.4. The zero-order valence-electron chi connectivity index (χ0n) is 9.99. The van der Waals surface area contributed by atoms with Crippen LogP contribution in [-0.2, 0) is 4.79 Å². The molecule has 0 saturated heterocycles. The molecule has 0 bridgehead atoms. The first-order valence-corrected chi connectivity index (χ1v) is 5.73. The number of rotatable bonds is 4. The van der Waals surface area contributed by atoms with Crippen LogP contribution in [-0.4, -0.2) is 43.5 Å². The Bertz CT molecular complexity index is 220. The van der Waals surface area contributed by atoms with Gasteiger partial charge in [0.2, 0.25) is 5.91 Å². The lowest BCUT2D eigenvalue weighted by atomic mass is 10.1. The van der Waals surface area contributed by atoms with Gasteiger partial charge in [0.25, 0.3) is 0 Å². The molecule has 1 aliphatic rings. The van der Waals surface area contributed by atoms with E-state index in [1.807, 2.05) is 6.92 Å². The maximum Gasteiger partial charge on any atom is 0.223 e. The molecule has 4 heteroatoms. The Morgan fingerprint density at radius 1 is 1.60 bits per heavy atom. The SMILES string of the molecule is CNC(=O)C(C)CN(C)C1CCCC1N. The van der Waals surface area contributed by atoms with E-state index in [2.05, 4.69) is 17.3 Å². The Balaban J connectivity index is 2.40. The van der Waals surface area contributed by atoms with Gasteiger partial charge in [-0.05, 0) is 19.9 Å². The number of amides is 1. The van der Waals surface area contributed by atoms with Crippen molar-refractivity contribution in [3.05, 3.63) is 0 Å². The molecule has 1 fully saturated rings. The molecule has 1 amide bonds. The van der Waals surface area contributed by atoms with Gasteiger partial charge >= 0.3 is 0 Å². The molecular formula is C11H23N3O. The summed E-state index contributed by atoms with van der Waals surface area (Å²) >= 11 is 0. The summed E-state index contributed by atoms with van der Waals surface area (Å²) in [6, 6.07) is 0.740. The molecule has 3 unspecified atom stereocenters. The fraction of sp³-hybridized carbons (Fsp3) is 0.909. The summed E-state index contributed by atoms with van der Waals surface area (Å²) < 4.78 is 0. The fourth-order valence-corrected chi connectivity index (χ4v) is 2.41. The molecule has 1 aliphatic carbocycles. The molecule has 0 aromatic heterocycles. The summed E-state index contributed by atoms with van der Waals surface area (Å²) in [5.74, 6) is 0.140. The summed E-state index contributed by atoms with van der Waals surface area (Å²) in [6.07, 6.45) is 3.49. The van der Waals surface area contributed by atoms with Crippen molar-refractivity contribution in [3.8, 4) is 0 Å². The standard InChI is InChI=1S/C11H23N3O/c1-8(11(15)13-2)7-14(3)10-6-4-5-9(10)12/h8-10H,4-7,12H2,1-3H3,(H,13,15). The Morgan fingerprint density at radius 2 is 2.27 bits per heavy atom. The molecule has 0 aromatic rings. The quantitative estimate of drug-likeness (QED) is 0.700. The lowest BCUT2D eigenvalue weighted by molar-refractivity contribution is -0.124. The van der Waals surface area contributed by atoms with E-state index >= 15 is 0 Å². The van der Waals surface area contributed by atoms with E-state index in [9.17, 15) is 4.79 Å². The summed E-state index contributed by atoms with van der Waals surface area (Å²) in [5.41, 5.74) is 6.02. The van der Waals surface area contributed by atoms with E-state index in [4.69, 9.17) is 5.73 Å². The van der Waals surface area contributed by atoms with E-state index in [1.54, 1.807) is 7.05 Å². The van der Waals surface area contributed by atoms with Crippen molar-refractivity contribution in [2.75, 3.05) is 20.6 Å². The van der Waals surface area contributed by atoms with Gasteiger partial charge in [-0.2, -0.15) is 0 Å². The summed E-state index contributed by atoms with van der Waals surface area (Å²) in [4.78, 5) is 13.6. The van der Waals surface area contributed by atoms with Gasteiger partial charge in [0.15, 0.2) is 0 Å². The van der Waals surface area contributed by atoms with Gasteiger partial charge in [-0.1, -0.05) is 13.3 Å². The van der Waals surface area contributed by atoms with Gasteiger partial charge in [-0.25, -0.2) is 0 Å². The second kappa shape index (κ2) is 5.47. The van der Waals surface area contributed by atoms with Crippen LogP contribution in [0.1, 0.15) is 26.2 Å². The highest BCUT2D eigenvalue weighted by Crippen LogP contribution is 2.22. The Hall–Kier alpha value is -0.610. The number of hydrogen-bond acceptors (Lipinski definition) is 3. The third-order valence-corrected chi connectivity index (χ3v) is 3.35. The lowest BCUT2D eigenvalue weighted by Gasteiger charge is -2.29. The van der Waals surface area contributed by atoms with Crippen LogP contribution in [0.15, 0.2) is 0 Å². The van der Waals surface area contributed by atoms with Crippen LogP contribution in [0.25, 0.3) is 0 Å². The summed E-state index contributed by atoms with van der Waals surface area (Å²) in [6.45, 7) is 2.74. The average Bonchev–Trinajstić information content (AvgIpc) is 2.63. The Morgan fingerprint density at radius 3 is 2.73 bits per heavy atom. The lowest BCUT2D eigenvalue weighted by Crippen LogP contribution is -2.45. The first-order chi connectivity index (χ1) is 7.06. The van der Waals surface area contributed by atoms with Gasteiger partial charge in [-0.15, -0.1) is 0 Å². The number of likely N-dealkylation sites (N-methyl/N-ethyl adjacent to an activating group) is 1. The molecule has 88 valence electrons. The van der Waals surface area contributed by atoms with E-state index in [0.717, 1.165) is 19.4 Å². The van der Waals surface area contributed by atoms with Gasteiger partial charge < -0.3 is 16.0 Å². The molecule has 15 heavy (non-hydrogen) atoms. The number of hydrogen-bond donors (Lipinski definition) is 2.